The van der Waals surface area contributed by atoms with Gasteiger partial charge in [-0.1, -0.05) is 58.0 Å². The SMILES string of the molecule is CCC1(c2ccccc2)NC(=O)N(CC(=O)NC(C)(C)CC(C)(C)C)C1=O. The van der Waals surface area contributed by atoms with Crippen LogP contribution in [0.25, 0.3) is 0 Å². The zero-order valence-electron chi connectivity index (χ0n) is 17.2. The molecular formula is C21H31N3O3. The maximum atomic E-state index is 13.1. The Hall–Kier alpha value is -2.37. The molecule has 6 nitrogen and oxygen atoms in total. The maximum Gasteiger partial charge on any atom is 0.325 e. The molecule has 6 heteroatoms. The molecule has 148 valence electrons. The van der Waals surface area contributed by atoms with Gasteiger partial charge >= 0.3 is 6.03 Å². The summed E-state index contributed by atoms with van der Waals surface area (Å²) < 4.78 is 0. The quantitative estimate of drug-likeness (QED) is 0.752. The number of nitrogens with one attached hydrogen (secondary N) is 2. The Morgan fingerprint density at radius 1 is 1.11 bits per heavy atom. The Morgan fingerprint density at radius 2 is 1.70 bits per heavy atom. The van der Waals surface area contributed by atoms with Gasteiger partial charge in [0.05, 0.1) is 0 Å². The molecule has 0 bridgehead atoms. The third kappa shape index (κ3) is 4.67. The number of hydrogen-bond donors (Lipinski definition) is 2. The molecule has 2 rings (SSSR count). The molecule has 1 atom stereocenters. The van der Waals surface area contributed by atoms with Crippen LogP contribution in [-0.2, 0) is 15.1 Å². The van der Waals surface area contributed by atoms with Crippen LogP contribution in [0, 0.1) is 5.41 Å². The van der Waals surface area contributed by atoms with E-state index in [1.807, 2.05) is 51.1 Å². The van der Waals surface area contributed by atoms with Crippen molar-refractivity contribution in [1.29, 1.82) is 0 Å². The van der Waals surface area contributed by atoms with Crippen LogP contribution in [-0.4, -0.2) is 34.8 Å². The predicted molar refractivity (Wildman–Crippen MR) is 105 cm³/mol. The number of amides is 4. The summed E-state index contributed by atoms with van der Waals surface area (Å²) in [5.41, 5.74) is -0.778. The van der Waals surface area contributed by atoms with Crippen LogP contribution >= 0.6 is 0 Å². The van der Waals surface area contributed by atoms with E-state index in [-0.39, 0.29) is 23.8 Å². The van der Waals surface area contributed by atoms with Crippen LogP contribution in [0.15, 0.2) is 30.3 Å². The smallest absolute Gasteiger partial charge is 0.325 e. The number of carbonyl (C=O) groups is 3. The highest BCUT2D eigenvalue weighted by Gasteiger charge is 2.51. The van der Waals surface area contributed by atoms with Gasteiger partial charge in [-0.15, -0.1) is 0 Å². The fourth-order valence-corrected chi connectivity index (χ4v) is 4.06. The monoisotopic (exact) mass is 373 g/mol. The summed E-state index contributed by atoms with van der Waals surface area (Å²) in [5.74, 6) is -0.724. The van der Waals surface area contributed by atoms with Crippen LogP contribution in [0.5, 0.6) is 0 Å². The first-order chi connectivity index (χ1) is 12.4. The van der Waals surface area contributed by atoms with E-state index in [4.69, 9.17) is 0 Å². The minimum atomic E-state index is -1.11. The molecule has 1 saturated heterocycles. The van der Waals surface area contributed by atoms with Crippen molar-refractivity contribution in [2.24, 2.45) is 5.41 Å². The molecule has 0 aliphatic carbocycles. The first-order valence-electron chi connectivity index (χ1n) is 9.41. The molecule has 27 heavy (non-hydrogen) atoms. The molecule has 0 spiro atoms. The Kier molecular flexibility index (Phi) is 5.68. The third-order valence-corrected chi connectivity index (χ3v) is 4.72. The molecule has 1 aliphatic heterocycles. The Labute approximate surface area is 161 Å². The summed E-state index contributed by atoms with van der Waals surface area (Å²) in [5, 5.41) is 5.75. The lowest BCUT2D eigenvalue weighted by atomic mass is 9.82. The number of nitrogens with zero attached hydrogens (tertiary/aromatic N) is 1. The van der Waals surface area contributed by atoms with Crippen molar-refractivity contribution in [3.63, 3.8) is 0 Å². The van der Waals surface area contributed by atoms with Gasteiger partial charge in [0.2, 0.25) is 5.91 Å². The van der Waals surface area contributed by atoms with E-state index in [1.54, 1.807) is 0 Å². The third-order valence-electron chi connectivity index (χ3n) is 4.72. The Bertz CT molecular complexity index is 722. The molecule has 1 aliphatic rings. The molecule has 2 N–H and O–H groups in total. The number of rotatable bonds is 6. The molecule has 1 aromatic carbocycles. The van der Waals surface area contributed by atoms with Crippen LogP contribution in [0.4, 0.5) is 4.79 Å². The van der Waals surface area contributed by atoms with E-state index in [1.165, 1.54) is 0 Å². The molecular weight excluding hydrogens is 342 g/mol. The molecule has 0 aromatic heterocycles. The molecule has 1 fully saturated rings. The van der Waals surface area contributed by atoms with Crippen LogP contribution in [0.2, 0.25) is 0 Å². The molecule has 0 radical (unpaired) electrons. The van der Waals surface area contributed by atoms with Crippen molar-refractivity contribution >= 4 is 17.8 Å². The highest BCUT2D eigenvalue weighted by atomic mass is 16.2. The highest BCUT2D eigenvalue weighted by Crippen LogP contribution is 2.32. The van der Waals surface area contributed by atoms with E-state index < -0.39 is 17.1 Å². The van der Waals surface area contributed by atoms with Crippen molar-refractivity contribution in [3.05, 3.63) is 35.9 Å². The minimum absolute atomic E-state index is 0.0439. The van der Waals surface area contributed by atoms with Crippen molar-refractivity contribution in [3.8, 4) is 0 Å². The summed E-state index contributed by atoms with van der Waals surface area (Å²) in [7, 11) is 0. The van der Waals surface area contributed by atoms with Gasteiger partial charge in [-0.05, 0) is 37.7 Å². The Morgan fingerprint density at radius 3 is 2.22 bits per heavy atom. The zero-order chi connectivity index (χ0) is 20.5. The van der Waals surface area contributed by atoms with Gasteiger partial charge in [0, 0.05) is 5.54 Å². The van der Waals surface area contributed by atoms with Crippen molar-refractivity contribution in [2.45, 2.75) is 65.5 Å². The number of urea groups is 1. The molecule has 1 heterocycles. The summed E-state index contributed by atoms with van der Waals surface area (Å²) in [6.07, 6.45) is 1.18. The normalized spacial score (nSPS) is 20.6. The second-order valence-electron chi connectivity index (χ2n) is 9.12. The van der Waals surface area contributed by atoms with Crippen LogP contribution in [0.1, 0.15) is 59.9 Å². The largest absolute Gasteiger partial charge is 0.350 e. The van der Waals surface area contributed by atoms with Crippen molar-refractivity contribution in [1.82, 2.24) is 15.5 Å². The van der Waals surface area contributed by atoms with Crippen LogP contribution < -0.4 is 10.6 Å². The van der Waals surface area contributed by atoms with Crippen LogP contribution in [0.3, 0.4) is 0 Å². The lowest BCUT2D eigenvalue weighted by Crippen LogP contribution is -2.50. The second-order valence-corrected chi connectivity index (χ2v) is 9.12. The second kappa shape index (κ2) is 7.33. The lowest BCUT2D eigenvalue weighted by Gasteiger charge is -2.33. The van der Waals surface area contributed by atoms with Gasteiger partial charge < -0.3 is 10.6 Å². The fraction of sp³-hybridized carbons (Fsp3) is 0.571. The lowest BCUT2D eigenvalue weighted by molar-refractivity contribution is -0.136. The molecule has 1 aromatic rings. The van der Waals surface area contributed by atoms with Gasteiger partial charge in [-0.2, -0.15) is 0 Å². The van der Waals surface area contributed by atoms with Gasteiger partial charge in [0.1, 0.15) is 12.1 Å². The van der Waals surface area contributed by atoms with E-state index in [0.29, 0.717) is 6.42 Å². The fourth-order valence-electron chi connectivity index (χ4n) is 4.06. The standard InChI is InChI=1S/C21H31N3O3/c1-7-21(15-11-9-8-10-12-15)17(26)24(18(27)23-21)13-16(25)22-20(5,6)14-19(2,3)4/h8-12H,7,13-14H2,1-6H3,(H,22,25)(H,23,27). The average Bonchev–Trinajstić information content (AvgIpc) is 2.78. The molecule has 1 unspecified atom stereocenters. The number of carbonyl (C=O) groups excluding carboxylic acids is 3. The highest BCUT2D eigenvalue weighted by molar-refractivity contribution is 6.09. The first-order valence-corrected chi connectivity index (χ1v) is 9.41. The van der Waals surface area contributed by atoms with Gasteiger partial charge in [-0.3, -0.25) is 14.5 Å². The van der Waals surface area contributed by atoms with Gasteiger partial charge in [0.15, 0.2) is 0 Å². The summed E-state index contributed by atoms with van der Waals surface area (Å²) in [6.45, 7) is 11.8. The number of hydrogen-bond acceptors (Lipinski definition) is 3. The van der Waals surface area contributed by atoms with E-state index in [2.05, 4.69) is 31.4 Å². The number of imide groups is 1. The summed E-state index contributed by atoms with van der Waals surface area (Å²) in [4.78, 5) is 39.1. The van der Waals surface area contributed by atoms with E-state index in [9.17, 15) is 14.4 Å². The summed E-state index contributed by atoms with van der Waals surface area (Å²) in [6, 6.07) is 8.62. The minimum Gasteiger partial charge on any atom is -0.350 e. The van der Waals surface area contributed by atoms with Gasteiger partial charge in [-0.25, -0.2) is 4.79 Å². The summed E-state index contributed by atoms with van der Waals surface area (Å²) >= 11 is 0. The molecule has 0 saturated carbocycles. The Balaban J connectivity index is 2.15. The first kappa shape index (κ1) is 20.9. The zero-order valence-corrected chi connectivity index (χ0v) is 17.2. The predicted octanol–water partition coefficient (Wildman–Crippen LogP) is 3.17. The maximum absolute atomic E-state index is 13.1. The van der Waals surface area contributed by atoms with Gasteiger partial charge in [0.25, 0.3) is 5.91 Å². The molecule has 4 amide bonds. The average molecular weight is 373 g/mol. The van der Waals surface area contributed by atoms with E-state index in [0.717, 1.165) is 16.9 Å². The van der Waals surface area contributed by atoms with Crippen molar-refractivity contribution in [2.75, 3.05) is 6.54 Å². The van der Waals surface area contributed by atoms with E-state index >= 15 is 0 Å². The topological polar surface area (TPSA) is 78.5 Å². The number of benzene rings is 1. The van der Waals surface area contributed by atoms with Crippen molar-refractivity contribution < 1.29 is 14.4 Å².